The van der Waals surface area contributed by atoms with Gasteiger partial charge < -0.3 is 21.1 Å². The summed E-state index contributed by atoms with van der Waals surface area (Å²) in [6.07, 6.45) is 0. The van der Waals surface area contributed by atoms with Gasteiger partial charge in [-0.3, -0.25) is 0 Å². The van der Waals surface area contributed by atoms with Gasteiger partial charge in [0.05, 0.1) is 7.11 Å². The van der Waals surface area contributed by atoms with E-state index in [1.807, 2.05) is 13.0 Å². The molecule has 4 N–H and O–H groups in total. The van der Waals surface area contributed by atoms with Crippen molar-refractivity contribution in [2.24, 2.45) is 5.73 Å². The van der Waals surface area contributed by atoms with Gasteiger partial charge in [-0.15, -0.1) is 0 Å². The third kappa shape index (κ3) is 4.18. The molecule has 88 valence electrons. The minimum Gasteiger partial charge on any atom is -0.497 e. The fourth-order valence-electron chi connectivity index (χ4n) is 1.13. The first kappa shape index (κ1) is 12.3. The van der Waals surface area contributed by atoms with E-state index in [0.29, 0.717) is 18.0 Å². The molecule has 0 aliphatic heterocycles. The second-order valence-electron chi connectivity index (χ2n) is 3.54. The summed E-state index contributed by atoms with van der Waals surface area (Å²) in [4.78, 5) is 11.4. The molecule has 16 heavy (non-hydrogen) atoms. The molecule has 0 aliphatic carbocycles. The highest BCUT2D eigenvalue weighted by molar-refractivity contribution is 5.89. The number of urea groups is 1. The number of carbonyl (C=O) groups excluding carboxylic acids is 1. The van der Waals surface area contributed by atoms with Gasteiger partial charge in [-0.25, -0.2) is 4.79 Å². The molecule has 0 bridgehead atoms. The lowest BCUT2D eigenvalue weighted by Crippen LogP contribution is -2.37. The smallest absolute Gasteiger partial charge is 0.319 e. The molecule has 1 unspecified atom stereocenters. The topological polar surface area (TPSA) is 76.4 Å². The summed E-state index contributed by atoms with van der Waals surface area (Å²) in [6.45, 7) is 2.27. The number of benzene rings is 1. The van der Waals surface area contributed by atoms with Crippen LogP contribution in [0.5, 0.6) is 5.75 Å². The van der Waals surface area contributed by atoms with Crippen LogP contribution in [0.1, 0.15) is 6.92 Å². The minimum absolute atomic E-state index is 0.0592. The monoisotopic (exact) mass is 223 g/mol. The van der Waals surface area contributed by atoms with Gasteiger partial charge in [0.2, 0.25) is 0 Å². The molecule has 2 amide bonds. The largest absolute Gasteiger partial charge is 0.497 e. The molecule has 1 aromatic carbocycles. The Labute approximate surface area is 95.0 Å². The van der Waals surface area contributed by atoms with Crippen LogP contribution >= 0.6 is 0 Å². The van der Waals surface area contributed by atoms with Crippen molar-refractivity contribution in [2.75, 3.05) is 19.0 Å². The van der Waals surface area contributed by atoms with E-state index in [1.54, 1.807) is 25.3 Å². The summed E-state index contributed by atoms with van der Waals surface area (Å²) in [7, 11) is 1.58. The van der Waals surface area contributed by atoms with Crippen molar-refractivity contribution >= 4 is 11.7 Å². The lowest BCUT2D eigenvalue weighted by atomic mass is 10.3. The zero-order valence-electron chi connectivity index (χ0n) is 9.49. The van der Waals surface area contributed by atoms with Crippen LogP contribution in [0, 0.1) is 0 Å². The molecule has 0 aromatic heterocycles. The molecule has 0 radical (unpaired) electrons. The number of methoxy groups -OCH3 is 1. The third-order valence-electron chi connectivity index (χ3n) is 1.91. The Balaban J connectivity index is 2.49. The maximum absolute atomic E-state index is 11.4. The molecule has 0 aliphatic rings. The van der Waals surface area contributed by atoms with Crippen molar-refractivity contribution in [3.05, 3.63) is 24.3 Å². The number of rotatable bonds is 4. The standard InChI is InChI=1S/C11H17N3O2/c1-8(12)7-13-11(15)14-9-4-3-5-10(6-9)16-2/h3-6,8H,7,12H2,1-2H3,(H2,13,14,15). The molecule has 5 heteroatoms. The number of hydrogen-bond donors (Lipinski definition) is 3. The predicted octanol–water partition coefficient (Wildman–Crippen LogP) is 1.16. The molecule has 5 nitrogen and oxygen atoms in total. The van der Waals surface area contributed by atoms with E-state index in [-0.39, 0.29) is 12.1 Å². The molecule has 0 heterocycles. The first-order valence-electron chi connectivity index (χ1n) is 5.06. The molecule has 0 fully saturated rings. The van der Waals surface area contributed by atoms with Crippen LogP contribution in [0.4, 0.5) is 10.5 Å². The van der Waals surface area contributed by atoms with Crippen LogP contribution in [0.25, 0.3) is 0 Å². The number of nitrogens with one attached hydrogen (secondary N) is 2. The molecule has 0 spiro atoms. The minimum atomic E-state index is -0.273. The van der Waals surface area contributed by atoms with Crippen LogP contribution in [0.2, 0.25) is 0 Å². The molecule has 1 atom stereocenters. The van der Waals surface area contributed by atoms with Crippen molar-refractivity contribution in [1.29, 1.82) is 0 Å². The zero-order valence-corrected chi connectivity index (χ0v) is 9.49. The summed E-state index contributed by atoms with van der Waals surface area (Å²) < 4.78 is 5.04. The Morgan fingerprint density at radius 1 is 1.56 bits per heavy atom. The maximum atomic E-state index is 11.4. The van der Waals surface area contributed by atoms with Gasteiger partial charge in [0, 0.05) is 24.3 Å². The van der Waals surface area contributed by atoms with Crippen molar-refractivity contribution in [1.82, 2.24) is 5.32 Å². The van der Waals surface area contributed by atoms with Gasteiger partial charge in [0.25, 0.3) is 0 Å². The Morgan fingerprint density at radius 2 is 2.31 bits per heavy atom. The number of carbonyl (C=O) groups is 1. The summed E-state index contributed by atoms with van der Waals surface area (Å²) in [5.74, 6) is 0.699. The summed E-state index contributed by atoms with van der Waals surface area (Å²) in [5, 5.41) is 5.34. The average Bonchev–Trinajstić information content (AvgIpc) is 2.26. The highest BCUT2D eigenvalue weighted by Gasteiger charge is 2.02. The second-order valence-corrected chi connectivity index (χ2v) is 3.54. The van der Waals surface area contributed by atoms with Crippen LogP contribution in [-0.4, -0.2) is 25.7 Å². The third-order valence-corrected chi connectivity index (χ3v) is 1.91. The molecule has 0 saturated heterocycles. The predicted molar refractivity (Wildman–Crippen MR) is 63.7 cm³/mol. The van der Waals surface area contributed by atoms with E-state index >= 15 is 0 Å². The van der Waals surface area contributed by atoms with Crippen LogP contribution in [0.15, 0.2) is 24.3 Å². The quantitative estimate of drug-likeness (QED) is 0.717. The molecular formula is C11H17N3O2. The fourth-order valence-corrected chi connectivity index (χ4v) is 1.13. The van der Waals surface area contributed by atoms with E-state index < -0.39 is 0 Å². The summed E-state index contributed by atoms with van der Waals surface area (Å²) >= 11 is 0. The number of hydrogen-bond acceptors (Lipinski definition) is 3. The number of nitrogens with two attached hydrogens (primary N) is 1. The summed E-state index contributed by atoms with van der Waals surface area (Å²) in [5.41, 5.74) is 6.20. The van der Waals surface area contributed by atoms with E-state index in [1.165, 1.54) is 0 Å². The van der Waals surface area contributed by atoms with Crippen molar-refractivity contribution in [3.8, 4) is 5.75 Å². The average molecular weight is 223 g/mol. The Morgan fingerprint density at radius 3 is 2.94 bits per heavy atom. The highest BCUT2D eigenvalue weighted by Crippen LogP contribution is 2.16. The first-order chi connectivity index (χ1) is 7.61. The van der Waals surface area contributed by atoms with Gasteiger partial charge in [0.15, 0.2) is 0 Å². The lowest BCUT2D eigenvalue weighted by molar-refractivity contribution is 0.251. The van der Waals surface area contributed by atoms with Crippen molar-refractivity contribution in [3.63, 3.8) is 0 Å². The molecular weight excluding hydrogens is 206 g/mol. The van der Waals surface area contributed by atoms with Gasteiger partial charge in [0.1, 0.15) is 5.75 Å². The maximum Gasteiger partial charge on any atom is 0.319 e. The second kappa shape index (κ2) is 5.97. The van der Waals surface area contributed by atoms with E-state index in [4.69, 9.17) is 10.5 Å². The van der Waals surface area contributed by atoms with Crippen LogP contribution < -0.4 is 21.1 Å². The first-order valence-corrected chi connectivity index (χ1v) is 5.06. The van der Waals surface area contributed by atoms with Gasteiger partial charge >= 0.3 is 6.03 Å². The number of ether oxygens (including phenoxy) is 1. The van der Waals surface area contributed by atoms with Crippen LogP contribution in [0.3, 0.4) is 0 Å². The van der Waals surface area contributed by atoms with E-state index in [0.717, 1.165) is 0 Å². The molecule has 0 saturated carbocycles. The highest BCUT2D eigenvalue weighted by atomic mass is 16.5. The Hall–Kier alpha value is -1.75. The normalized spacial score (nSPS) is 11.7. The van der Waals surface area contributed by atoms with Crippen molar-refractivity contribution < 1.29 is 9.53 Å². The number of anilines is 1. The summed E-state index contributed by atoms with van der Waals surface area (Å²) in [6, 6.07) is 6.81. The SMILES string of the molecule is COc1cccc(NC(=O)NCC(C)N)c1. The Bertz CT molecular complexity index is 353. The van der Waals surface area contributed by atoms with Crippen LogP contribution in [-0.2, 0) is 0 Å². The zero-order chi connectivity index (χ0) is 12.0. The number of amides is 2. The molecule has 1 aromatic rings. The van der Waals surface area contributed by atoms with E-state index in [9.17, 15) is 4.79 Å². The van der Waals surface area contributed by atoms with E-state index in [2.05, 4.69) is 10.6 Å². The van der Waals surface area contributed by atoms with Gasteiger partial charge in [-0.05, 0) is 19.1 Å². The van der Waals surface area contributed by atoms with Crippen molar-refractivity contribution in [2.45, 2.75) is 13.0 Å². The molecule has 1 rings (SSSR count). The van der Waals surface area contributed by atoms with Gasteiger partial charge in [-0.1, -0.05) is 6.07 Å². The lowest BCUT2D eigenvalue weighted by Gasteiger charge is -2.10. The Kier molecular flexibility index (Phi) is 4.60. The fraction of sp³-hybridized carbons (Fsp3) is 0.364. The van der Waals surface area contributed by atoms with Gasteiger partial charge in [-0.2, -0.15) is 0 Å².